The highest BCUT2D eigenvalue weighted by molar-refractivity contribution is 7.92. The summed E-state index contributed by atoms with van der Waals surface area (Å²) in [5, 5.41) is 25.3. The molecular weight excluding hydrogens is 1440 g/mol. The third kappa shape index (κ3) is 22.1. The highest BCUT2D eigenvalue weighted by Gasteiger charge is 2.26. The standard InChI is InChI=1S/C25H28ClN7O3.C23H24ClN5O4S.C23H23ClN4O5S/c1-27-24(35)17-8-5-6-9-19(17)30-23-18(26)15-28-25(32-23)31-20-14-16(11-12-21(20)36-4)29-22(34)10-7-13-33(2)3;1-5-21(30)26-15-10-11-19(33-4)18(12-15)28-23-25-13-16(24)22(29-23)27-17-8-6-7-9-20(17)34(31,32)14(2)3;1-5-21(29)26-15-10-11-18(32-4)17(12-15)27-23-25-13-16(24)22(28-23)33-19-8-6-7-9-20(19)34(30,31)14(2)3/h5-12,14-15H,13H2,1-4H3,(H,27,35)(H,29,34)(H2,28,30,31,32);5-14H,1H2,2-4H3,(H,26,30)(H2,25,27,28,29);5-14H,1H2,2-4H3,(H,26,29)(H,25,27,28)/b10-7+;;. The van der Waals surface area contributed by atoms with Crippen molar-refractivity contribution in [2.75, 3.05) is 91.6 Å². The molecule has 0 fully saturated rings. The number of benzene rings is 6. The maximum absolute atomic E-state index is 12.8. The number of hydrogen-bond acceptors (Lipinski definition) is 24. The molecule has 0 saturated heterocycles. The van der Waals surface area contributed by atoms with Crippen LogP contribution in [0.4, 0.5) is 75.0 Å². The molecule has 0 bridgehead atoms. The quantitative estimate of drug-likeness (QED) is 0.0206. The summed E-state index contributed by atoms with van der Waals surface area (Å²) in [5.74, 6) is 1.31. The number of ether oxygens (including phenoxy) is 4. The Morgan fingerprint density at radius 3 is 1.36 bits per heavy atom. The number of methoxy groups -OCH3 is 3. The second-order valence-corrected chi connectivity index (χ2v) is 28.6. The lowest BCUT2D eigenvalue weighted by molar-refractivity contribution is -0.112. The van der Waals surface area contributed by atoms with Gasteiger partial charge in [-0.3, -0.25) is 19.2 Å². The maximum atomic E-state index is 12.8. The third-order valence-electron chi connectivity index (χ3n) is 14.2. The minimum absolute atomic E-state index is 0.0292. The molecule has 0 unspecified atom stereocenters. The lowest BCUT2D eigenvalue weighted by Gasteiger charge is -2.16. The van der Waals surface area contributed by atoms with Crippen LogP contribution in [-0.4, -0.2) is 135 Å². The molecule has 0 aliphatic heterocycles. The molecule has 3 heterocycles. The van der Waals surface area contributed by atoms with Crippen LogP contribution in [0, 0.1) is 0 Å². The number of likely N-dealkylation sites (N-methyl/N-ethyl adjacent to an activating group) is 1. The van der Waals surface area contributed by atoms with Crippen LogP contribution in [0.2, 0.25) is 15.1 Å². The molecule has 0 saturated carbocycles. The molecule has 0 aliphatic rings. The Morgan fingerprint density at radius 1 is 0.500 bits per heavy atom. The van der Waals surface area contributed by atoms with Crippen molar-refractivity contribution < 1.29 is 55.0 Å². The number of sulfone groups is 2. The van der Waals surface area contributed by atoms with Crippen LogP contribution < -0.4 is 66.8 Å². The molecule has 104 heavy (non-hydrogen) atoms. The zero-order valence-corrected chi connectivity index (χ0v) is 61.8. The van der Waals surface area contributed by atoms with Crippen molar-refractivity contribution in [1.82, 2.24) is 40.1 Å². The molecule has 6 aromatic carbocycles. The van der Waals surface area contributed by atoms with Crippen LogP contribution in [0.3, 0.4) is 0 Å². The predicted molar refractivity (Wildman–Crippen MR) is 408 cm³/mol. The molecule has 3 aromatic heterocycles. The number of rotatable bonds is 28. The SMILES string of the molecule is C=CC(=O)Nc1ccc(OC)c(Nc2ncc(Cl)c(Nc3ccccc3S(=O)(=O)C(C)C)n2)c1.C=CC(=O)Nc1ccc(OC)c(Nc2ncc(Cl)c(Oc3ccccc3S(=O)(=O)C(C)C)n2)c1.CNC(=O)c1ccccc1Nc1nc(Nc2cc(NC(=O)/C=C/CN(C)C)ccc2OC)ncc1Cl. The van der Waals surface area contributed by atoms with E-state index >= 15 is 0 Å². The van der Waals surface area contributed by atoms with E-state index in [0.717, 1.165) is 12.2 Å². The van der Waals surface area contributed by atoms with Crippen LogP contribution in [0.5, 0.6) is 28.9 Å². The van der Waals surface area contributed by atoms with Gasteiger partial charge >= 0.3 is 0 Å². The number of hydrogen-bond donors (Lipinski definition) is 9. The van der Waals surface area contributed by atoms with Gasteiger partial charge in [0.15, 0.2) is 31.3 Å². The Balaban J connectivity index is 0.000000218. The number of nitrogens with zero attached hydrogens (tertiary/aromatic N) is 7. The molecule has 9 N–H and O–H groups in total. The molecule has 9 rings (SSSR count). The fraction of sp³-hybridized carbons (Fsp3) is 0.183. The van der Waals surface area contributed by atoms with Crippen LogP contribution >= 0.6 is 34.8 Å². The number of amides is 4. The van der Waals surface area contributed by atoms with Crippen molar-refractivity contribution in [1.29, 1.82) is 0 Å². The van der Waals surface area contributed by atoms with Gasteiger partial charge < -0.3 is 71.7 Å². The number of halogens is 3. The minimum Gasteiger partial charge on any atom is -0.495 e. The summed E-state index contributed by atoms with van der Waals surface area (Å²) in [7, 11) is 2.77. The van der Waals surface area contributed by atoms with E-state index in [1.54, 1.807) is 150 Å². The first-order valence-corrected chi connectivity index (χ1v) is 35.4. The second kappa shape index (κ2) is 37.5. The van der Waals surface area contributed by atoms with E-state index in [-0.39, 0.29) is 83.8 Å². The Hall–Kier alpha value is -11.4. The van der Waals surface area contributed by atoms with Crippen molar-refractivity contribution in [2.24, 2.45) is 0 Å². The number of anilines is 13. The van der Waals surface area contributed by atoms with Crippen LogP contribution in [-0.2, 0) is 34.1 Å². The van der Waals surface area contributed by atoms with Gasteiger partial charge in [0.1, 0.15) is 43.0 Å². The molecule has 4 amide bonds. The number of carbonyl (C=O) groups excluding carboxylic acids is 4. The van der Waals surface area contributed by atoms with E-state index in [9.17, 15) is 36.0 Å². The van der Waals surface area contributed by atoms with Crippen LogP contribution in [0.25, 0.3) is 0 Å². The van der Waals surface area contributed by atoms with Crippen molar-refractivity contribution in [3.05, 3.63) is 204 Å². The fourth-order valence-electron chi connectivity index (χ4n) is 8.85. The first-order valence-electron chi connectivity index (χ1n) is 31.2. The van der Waals surface area contributed by atoms with Gasteiger partial charge in [0.05, 0.1) is 89.3 Å². The van der Waals surface area contributed by atoms with E-state index in [1.807, 2.05) is 19.0 Å². The molecule has 33 heteroatoms. The highest BCUT2D eigenvalue weighted by Crippen LogP contribution is 2.38. The van der Waals surface area contributed by atoms with Crippen LogP contribution in [0.15, 0.2) is 193 Å². The monoisotopic (exact) mass is 1510 g/mol. The molecule has 9 aromatic rings. The van der Waals surface area contributed by atoms with Crippen molar-refractivity contribution in [3.63, 3.8) is 0 Å². The molecule has 544 valence electrons. The number of nitrogens with one attached hydrogen (secondary N) is 9. The molecule has 0 atom stereocenters. The first kappa shape index (κ1) is 79.9. The van der Waals surface area contributed by atoms with Crippen LogP contribution in [0.1, 0.15) is 38.1 Å². The maximum Gasteiger partial charge on any atom is 0.253 e. The number of para-hydroxylation sites is 3. The normalized spacial score (nSPS) is 11.0. The Kier molecular flexibility index (Phi) is 28.8. The van der Waals surface area contributed by atoms with Crippen molar-refractivity contribution >= 4 is 153 Å². The summed E-state index contributed by atoms with van der Waals surface area (Å²) >= 11 is 18.8. The van der Waals surface area contributed by atoms with E-state index in [2.05, 4.69) is 90.9 Å². The lowest BCUT2D eigenvalue weighted by atomic mass is 10.1. The molecule has 0 spiro atoms. The average Bonchev–Trinajstić information content (AvgIpc) is 0.809. The first-order chi connectivity index (χ1) is 49.6. The zero-order valence-electron chi connectivity index (χ0n) is 57.9. The Labute approximate surface area is 617 Å². The molecule has 28 nitrogen and oxygen atoms in total. The van der Waals surface area contributed by atoms with Gasteiger partial charge in [0, 0.05) is 36.7 Å². The van der Waals surface area contributed by atoms with E-state index in [0.29, 0.717) is 80.7 Å². The lowest BCUT2D eigenvalue weighted by Crippen LogP contribution is -2.19. The van der Waals surface area contributed by atoms with Gasteiger partial charge in [-0.05, 0) is 145 Å². The van der Waals surface area contributed by atoms with Gasteiger partial charge in [-0.15, -0.1) is 0 Å². The van der Waals surface area contributed by atoms with Gasteiger partial charge in [-0.2, -0.15) is 15.0 Å². The van der Waals surface area contributed by atoms with Gasteiger partial charge in [-0.1, -0.05) is 90.4 Å². The summed E-state index contributed by atoms with van der Waals surface area (Å²) in [6, 6.07) is 34.9. The van der Waals surface area contributed by atoms with Crippen molar-refractivity contribution in [2.45, 2.75) is 48.0 Å². The Bertz CT molecular complexity index is 4680. The summed E-state index contributed by atoms with van der Waals surface area (Å²) < 4.78 is 73.0. The van der Waals surface area contributed by atoms with E-state index in [1.165, 1.54) is 64.2 Å². The summed E-state index contributed by atoms with van der Waals surface area (Å²) in [6.45, 7) is 13.9. The minimum atomic E-state index is -3.61. The van der Waals surface area contributed by atoms with E-state index < -0.39 is 30.2 Å². The average molecular weight is 1510 g/mol. The van der Waals surface area contributed by atoms with Gasteiger partial charge in [0.25, 0.3) is 5.91 Å². The molecule has 0 aliphatic carbocycles. The summed E-state index contributed by atoms with van der Waals surface area (Å²) in [6.07, 6.45) is 9.71. The second-order valence-electron chi connectivity index (χ2n) is 22.4. The van der Waals surface area contributed by atoms with Gasteiger partial charge in [0.2, 0.25) is 41.4 Å². The molecular formula is C71H75Cl3N16O12S2. The number of aromatic nitrogens is 6. The van der Waals surface area contributed by atoms with Gasteiger partial charge in [-0.25, -0.2) is 31.8 Å². The van der Waals surface area contributed by atoms with E-state index in [4.69, 9.17) is 53.8 Å². The summed E-state index contributed by atoms with van der Waals surface area (Å²) in [5.41, 5.74) is 4.35. The zero-order chi connectivity index (χ0) is 75.8. The number of carbonyl (C=O) groups is 4. The topological polar surface area (TPSA) is 362 Å². The smallest absolute Gasteiger partial charge is 0.253 e. The predicted octanol–water partition coefficient (Wildman–Crippen LogP) is 14.0. The fourth-order valence-corrected chi connectivity index (χ4v) is 11.6. The third-order valence-corrected chi connectivity index (χ3v) is 19.4. The summed E-state index contributed by atoms with van der Waals surface area (Å²) in [4.78, 5) is 75.5. The molecule has 0 radical (unpaired) electrons. The van der Waals surface area contributed by atoms with Crippen molar-refractivity contribution in [3.8, 4) is 28.9 Å². The Morgan fingerprint density at radius 2 is 0.904 bits per heavy atom. The largest absolute Gasteiger partial charge is 0.495 e. The highest BCUT2D eigenvalue weighted by atomic mass is 35.5.